The van der Waals surface area contributed by atoms with Crippen molar-refractivity contribution < 1.29 is 0 Å². The summed E-state index contributed by atoms with van der Waals surface area (Å²) in [5, 5.41) is 0. The third-order valence-corrected chi connectivity index (χ3v) is 3.73. The molecule has 0 aromatic rings. The quantitative estimate of drug-likeness (QED) is 0.378. The molecule has 0 aliphatic rings. The lowest BCUT2D eigenvalue weighted by Crippen LogP contribution is -2.10. The first kappa shape index (κ1) is 5.66. The minimum absolute atomic E-state index is 0.00540. The molecule has 0 spiro atoms. The van der Waals surface area contributed by atoms with Crippen molar-refractivity contribution in [2.75, 3.05) is 14.1 Å². The van der Waals surface area contributed by atoms with Crippen LogP contribution in [0.2, 0.25) is 0 Å². The zero-order chi connectivity index (χ0) is 4.28. The summed E-state index contributed by atoms with van der Waals surface area (Å²) in [5.41, 5.74) is 0. The van der Waals surface area contributed by atoms with Crippen LogP contribution in [-0.2, 0) is 0 Å². The van der Waals surface area contributed by atoms with Gasteiger partial charge in [-0.1, -0.05) is 0 Å². The van der Waals surface area contributed by atoms with Crippen molar-refractivity contribution in [3.05, 3.63) is 0 Å². The van der Waals surface area contributed by atoms with E-state index in [9.17, 15) is 0 Å². The Labute approximate surface area is 42.8 Å². The first-order valence-electron chi connectivity index (χ1n) is 1.48. The van der Waals surface area contributed by atoms with Gasteiger partial charge in [0.2, 0.25) is 0 Å². The van der Waals surface area contributed by atoms with Gasteiger partial charge in [-0.2, -0.15) is 0 Å². The van der Waals surface area contributed by atoms with Crippen molar-refractivity contribution in [3.8, 4) is 0 Å². The molecule has 0 amide bonds. The molecule has 0 fully saturated rings. The van der Waals surface area contributed by atoms with Crippen molar-refractivity contribution in [3.63, 3.8) is 0 Å². The van der Waals surface area contributed by atoms with E-state index in [1.807, 2.05) is 0 Å². The Morgan fingerprint density at radius 1 is 1.60 bits per heavy atom. The average molecular weight is 154 g/mol. The van der Waals surface area contributed by atoms with Crippen LogP contribution in [-0.4, -0.2) is 27.0 Å². The summed E-state index contributed by atoms with van der Waals surface area (Å²) in [6.07, 6.45) is 0. The molecular formula is C2H8BrNSi. The summed E-state index contributed by atoms with van der Waals surface area (Å²) in [4.78, 5) is 0. The molecular weight excluding hydrogens is 146 g/mol. The molecule has 0 N–H and O–H groups in total. The van der Waals surface area contributed by atoms with Gasteiger partial charge in [0.05, 0.1) is 0 Å². The average Bonchev–Trinajstić information content (AvgIpc) is 1.38. The van der Waals surface area contributed by atoms with Gasteiger partial charge in [0, 0.05) is 0 Å². The van der Waals surface area contributed by atoms with Crippen LogP contribution in [0.1, 0.15) is 0 Å². The van der Waals surface area contributed by atoms with E-state index in [-0.39, 0.29) is 8.30 Å². The normalized spacial score (nSPS) is 12.0. The number of halogens is 1. The van der Waals surface area contributed by atoms with Crippen LogP contribution in [0.15, 0.2) is 0 Å². The molecule has 0 saturated heterocycles. The van der Waals surface area contributed by atoms with Gasteiger partial charge in [0.25, 0.3) is 0 Å². The van der Waals surface area contributed by atoms with Gasteiger partial charge >= 0.3 is 0 Å². The Hall–Kier alpha value is 0.657. The van der Waals surface area contributed by atoms with E-state index >= 15 is 0 Å². The standard InChI is InChI=1S/C2H8BrNSi/c1-4(2)5-3/h5H2,1-2H3. The van der Waals surface area contributed by atoms with E-state index in [1.54, 1.807) is 0 Å². The first-order valence-corrected chi connectivity index (χ1v) is 6.01. The maximum absolute atomic E-state index is 3.38. The smallest absolute Gasteiger partial charge is 0.170 e. The van der Waals surface area contributed by atoms with Crippen LogP contribution >= 0.6 is 15.3 Å². The zero-order valence-corrected chi connectivity index (χ0v) is 6.53. The van der Waals surface area contributed by atoms with E-state index in [4.69, 9.17) is 0 Å². The van der Waals surface area contributed by atoms with Gasteiger partial charge in [-0.15, -0.1) is 15.3 Å². The van der Waals surface area contributed by atoms with E-state index in [2.05, 4.69) is 34.0 Å². The zero-order valence-electron chi connectivity index (χ0n) is 3.53. The molecule has 0 saturated carbocycles. The summed E-state index contributed by atoms with van der Waals surface area (Å²) in [6.45, 7) is 0. The molecule has 0 unspecified atom stereocenters. The van der Waals surface area contributed by atoms with Crippen molar-refractivity contribution in [1.29, 1.82) is 0 Å². The molecule has 1 nitrogen and oxygen atoms in total. The van der Waals surface area contributed by atoms with Gasteiger partial charge in [-0.25, -0.2) is 0 Å². The molecule has 0 aromatic heterocycles. The number of nitrogens with zero attached hydrogens (tertiary/aromatic N) is 1. The Bertz CT molecular complexity index is 23.6. The van der Waals surface area contributed by atoms with E-state index in [1.165, 1.54) is 0 Å². The van der Waals surface area contributed by atoms with Crippen LogP contribution < -0.4 is 0 Å². The summed E-state index contributed by atoms with van der Waals surface area (Å²) < 4.78 is 2.18. The van der Waals surface area contributed by atoms with Crippen molar-refractivity contribution in [2.24, 2.45) is 0 Å². The minimum Gasteiger partial charge on any atom is -0.325 e. The van der Waals surface area contributed by atoms with Gasteiger partial charge in [-0.05, 0) is 14.1 Å². The lowest BCUT2D eigenvalue weighted by atomic mass is 11.3. The fourth-order valence-corrected chi connectivity index (χ4v) is 0. The highest BCUT2D eigenvalue weighted by Crippen LogP contribution is 1.73. The lowest BCUT2D eigenvalue weighted by Gasteiger charge is -1.97. The predicted octanol–water partition coefficient (Wildman–Crippen LogP) is -0.0583. The molecule has 0 aromatic carbocycles. The summed E-state index contributed by atoms with van der Waals surface area (Å²) in [6, 6.07) is 0. The van der Waals surface area contributed by atoms with Crippen LogP contribution in [0.5, 0.6) is 0 Å². The molecule has 0 rings (SSSR count). The topological polar surface area (TPSA) is 3.24 Å². The third kappa shape index (κ3) is 4.66. The van der Waals surface area contributed by atoms with Crippen LogP contribution in [0.3, 0.4) is 0 Å². The fraction of sp³-hybridized carbons (Fsp3) is 1.00. The Morgan fingerprint density at radius 2 is 1.80 bits per heavy atom. The SMILES string of the molecule is CN(C)[SiH2]Br. The summed E-state index contributed by atoms with van der Waals surface area (Å²) >= 11 is 3.38. The second-order valence-corrected chi connectivity index (χ2v) is 4.21. The van der Waals surface area contributed by atoms with Crippen LogP contribution in [0.25, 0.3) is 0 Å². The van der Waals surface area contributed by atoms with Crippen molar-refractivity contribution >= 4 is 23.6 Å². The third-order valence-electron chi connectivity index (χ3n) is 0.239. The van der Waals surface area contributed by atoms with Gasteiger partial charge in [0.1, 0.15) is 0 Å². The highest BCUT2D eigenvalue weighted by Gasteiger charge is 1.76. The fourth-order valence-electron chi connectivity index (χ4n) is 0. The van der Waals surface area contributed by atoms with Crippen molar-refractivity contribution in [2.45, 2.75) is 0 Å². The highest BCUT2D eigenvalue weighted by molar-refractivity contribution is 9.23. The molecule has 3 heteroatoms. The maximum Gasteiger partial charge on any atom is 0.170 e. The van der Waals surface area contributed by atoms with E-state index < -0.39 is 0 Å². The number of hydrogen-bond acceptors (Lipinski definition) is 1. The lowest BCUT2D eigenvalue weighted by molar-refractivity contribution is 0.675. The monoisotopic (exact) mass is 153 g/mol. The highest BCUT2D eigenvalue weighted by atomic mass is 79.9. The minimum atomic E-state index is -0.00540. The summed E-state index contributed by atoms with van der Waals surface area (Å²) in [7, 11) is 4.14. The first-order chi connectivity index (χ1) is 2.27. The van der Waals surface area contributed by atoms with Crippen LogP contribution in [0, 0.1) is 0 Å². The second kappa shape index (κ2) is 2.87. The molecule has 0 heterocycles. The largest absolute Gasteiger partial charge is 0.325 e. The Balaban J connectivity index is 2.54. The predicted molar refractivity (Wildman–Crippen MR) is 31.2 cm³/mol. The maximum atomic E-state index is 3.38. The van der Waals surface area contributed by atoms with Crippen LogP contribution in [0.4, 0.5) is 0 Å². The van der Waals surface area contributed by atoms with E-state index in [0.717, 1.165) is 0 Å². The molecule has 0 radical (unpaired) electrons. The molecule has 0 bridgehead atoms. The second-order valence-electron chi connectivity index (χ2n) is 1.20. The molecule has 0 atom stereocenters. The Morgan fingerprint density at radius 3 is 1.80 bits per heavy atom. The van der Waals surface area contributed by atoms with Crippen molar-refractivity contribution in [1.82, 2.24) is 4.57 Å². The van der Waals surface area contributed by atoms with Gasteiger partial charge in [0.15, 0.2) is 8.30 Å². The number of rotatable bonds is 1. The molecule has 5 heavy (non-hydrogen) atoms. The summed E-state index contributed by atoms with van der Waals surface area (Å²) in [5.74, 6) is 0. The van der Waals surface area contributed by atoms with Gasteiger partial charge in [-0.3, -0.25) is 0 Å². The molecule has 32 valence electrons. The Kier molecular flexibility index (Phi) is 3.25. The molecule has 0 aliphatic heterocycles. The number of hydrogen-bond donors (Lipinski definition) is 0. The van der Waals surface area contributed by atoms with Gasteiger partial charge < -0.3 is 4.57 Å². The molecule has 0 aliphatic carbocycles. The van der Waals surface area contributed by atoms with E-state index in [0.29, 0.717) is 0 Å².